The summed E-state index contributed by atoms with van der Waals surface area (Å²) in [5, 5.41) is 15.6. The Bertz CT molecular complexity index is 877. The average Bonchev–Trinajstić information content (AvgIpc) is 2.78. The third kappa shape index (κ3) is 4.66. The molecule has 0 aliphatic heterocycles. The number of aromatic nitrogens is 2. The molecule has 0 saturated carbocycles. The van der Waals surface area contributed by atoms with E-state index in [2.05, 4.69) is 5.10 Å². The molecule has 7 nitrogen and oxygen atoms in total. The number of ether oxygens (including phenoxy) is 1. The number of nitrogens with zero attached hydrogens (tertiary/aromatic N) is 3. The first-order chi connectivity index (χ1) is 12.2. The molecular formula is C17H17ClFN3O4. The summed E-state index contributed by atoms with van der Waals surface area (Å²) in [5.74, 6) is -1.79. The Kier molecular flexibility index (Phi) is 6.10. The number of halogens is 2. The fourth-order valence-electron chi connectivity index (χ4n) is 2.24. The normalized spacial score (nSPS) is 11.3. The highest BCUT2D eigenvalue weighted by molar-refractivity contribution is 6.31. The lowest BCUT2D eigenvalue weighted by molar-refractivity contribution is -0.385. The topological polar surface area (TPSA) is 87.3 Å². The molecule has 0 unspecified atom stereocenters. The van der Waals surface area contributed by atoms with Crippen molar-refractivity contribution in [2.24, 2.45) is 5.92 Å². The van der Waals surface area contributed by atoms with E-state index in [1.165, 1.54) is 6.08 Å². The lowest BCUT2D eigenvalue weighted by Gasteiger charge is -2.05. The number of rotatable bonds is 6. The molecule has 0 atom stereocenters. The number of benzene rings is 1. The molecular weight excluding hydrogens is 365 g/mol. The lowest BCUT2D eigenvalue weighted by atomic mass is 10.2. The van der Waals surface area contributed by atoms with E-state index in [-0.39, 0.29) is 0 Å². The van der Waals surface area contributed by atoms with Crippen LogP contribution in [-0.2, 0) is 11.3 Å². The van der Waals surface area contributed by atoms with Gasteiger partial charge in [0.1, 0.15) is 11.0 Å². The molecule has 0 spiro atoms. The van der Waals surface area contributed by atoms with Crippen LogP contribution in [0.1, 0.15) is 25.1 Å². The zero-order valence-electron chi connectivity index (χ0n) is 14.4. The van der Waals surface area contributed by atoms with E-state index < -0.39 is 28.1 Å². The second-order valence-electron chi connectivity index (χ2n) is 5.99. The van der Waals surface area contributed by atoms with Crippen molar-refractivity contribution < 1.29 is 18.8 Å². The summed E-state index contributed by atoms with van der Waals surface area (Å²) in [6.45, 7) is 6.40. The number of carbonyl (C=O) groups is 1. The van der Waals surface area contributed by atoms with Crippen molar-refractivity contribution in [1.29, 1.82) is 0 Å². The van der Waals surface area contributed by atoms with Gasteiger partial charge in [0.25, 0.3) is 0 Å². The molecule has 1 heterocycles. The van der Waals surface area contributed by atoms with Crippen molar-refractivity contribution in [2.45, 2.75) is 27.3 Å². The van der Waals surface area contributed by atoms with Crippen LogP contribution < -0.4 is 4.74 Å². The number of hydrogen-bond acceptors (Lipinski definition) is 5. The van der Waals surface area contributed by atoms with Gasteiger partial charge in [-0.1, -0.05) is 25.4 Å². The van der Waals surface area contributed by atoms with Gasteiger partial charge in [-0.2, -0.15) is 5.10 Å². The standard InChI is InChI=1S/C17H17ClFN3O4/c1-10(2)9-21-17(18)13(11(3)20-21)5-7-16(23)26-15-8-12(19)4-6-14(15)22(24)25/h4-8,10H,9H2,1-3H3. The van der Waals surface area contributed by atoms with Gasteiger partial charge in [0, 0.05) is 30.3 Å². The molecule has 1 aromatic heterocycles. The van der Waals surface area contributed by atoms with Gasteiger partial charge in [0.05, 0.1) is 10.6 Å². The Morgan fingerprint density at radius 2 is 2.19 bits per heavy atom. The Morgan fingerprint density at radius 3 is 2.81 bits per heavy atom. The van der Waals surface area contributed by atoms with Crippen LogP contribution in [0.5, 0.6) is 5.75 Å². The molecule has 0 amide bonds. The zero-order chi connectivity index (χ0) is 19.4. The van der Waals surface area contributed by atoms with Gasteiger partial charge in [-0.05, 0) is 25.0 Å². The molecule has 0 aliphatic carbocycles. The molecule has 0 radical (unpaired) electrons. The summed E-state index contributed by atoms with van der Waals surface area (Å²) >= 11 is 6.26. The fraction of sp³-hybridized carbons (Fsp3) is 0.294. The van der Waals surface area contributed by atoms with Gasteiger partial charge < -0.3 is 4.74 Å². The summed E-state index contributed by atoms with van der Waals surface area (Å²) in [4.78, 5) is 22.1. The highest BCUT2D eigenvalue weighted by Gasteiger charge is 2.18. The first-order valence-electron chi connectivity index (χ1n) is 7.75. The molecule has 2 rings (SSSR count). The SMILES string of the molecule is Cc1nn(CC(C)C)c(Cl)c1C=CC(=O)Oc1cc(F)ccc1[N+](=O)[O-]. The second-order valence-corrected chi connectivity index (χ2v) is 6.35. The summed E-state index contributed by atoms with van der Waals surface area (Å²) in [5.41, 5.74) is 0.654. The number of nitro groups is 1. The van der Waals surface area contributed by atoms with Crippen LogP contribution in [0.25, 0.3) is 6.08 Å². The van der Waals surface area contributed by atoms with Crippen molar-refractivity contribution in [3.8, 4) is 5.75 Å². The lowest BCUT2D eigenvalue weighted by Crippen LogP contribution is -2.06. The third-order valence-corrected chi connectivity index (χ3v) is 3.76. The maximum Gasteiger partial charge on any atom is 0.336 e. The molecule has 1 aromatic carbocycles. The third-order valence-electron chi connectivity index (χ3n) is 3.36. The van der Waals surface area contributed by atoms with Crippen LogP contribution in [-0.4, -0.2) is 20.7 Å². The average molecular weight is 382 g/mol. The van der Waals surface area contributed by atoms with Crippen LogP contribution in [0, 0.1) is 28.8 Å². The van der Waals surface area contributed by atoms with Crippen LogP contribution in [0.2, 0.25) is 5.15 Å². The maximum atomic E-state index is 13.3. The molecule has 9 heteroatoms. The number of carbonyl (C=O) groups excluding carboxylic acids is 1. The molecule has 2 aromatic rings. The van der Waals surface area contributed by atoms with Gasteiger partial charge in [-0.3, -0.25) is 14.8 Å². The summed E-state index contributed by atoms with van der Waals surface area (Å²) in [7, 11) is 0. The van der Waals surface area contributed by atoms with Crippen LogP contribution in [0.3, 0.4) is 0 Å². The number of aryl methyl sites for hydroxylation is 1. The summed E-state index contributed by atoms with van der Waals surface area (Å²) in [6, 6.07) is 2.62. The number of nitro benzene ring substituents is 1. The number of hydrogen-bond donors (Lipinski definition) is 0. The highest BCUT2D eigenvalue weighted by atomic mass is 35.5. The molecule has 0 saturated heterocycles. The van der Waals surface area contributed by atoms with Crippen LogP contribution >= 0.6 is 11.6 Å². The predicted molar refractivity (Wildman–Crippen MR) is 94.5 cm³/mol. The van der Waals surface area contributed by atoms with Crippen LogP contribution in [0.4, 0.5) is 10.1 Å². The Balaban J connectivity index is 2.20. The Labute approximate surface area is 154 Å². The van der Waals surface area contributed by atoms with E-state index >= 15 is 0 Å². The van der Waals surface area contributed by atoms with Gasteiger partial charge >= 0.3 is 11.7 Å². The van der Waals surface area contributed by atoms with Crippen molar-refractivity contribution in [2.75, 3.05) is 0 Å². The summed E-state index contributed by atoms with van der Waals surface area (Å²) < 4.78 is 19.8. The molecule has 0 fully saturated rings. The van der Waals surface area contributed by atoms with Gasteiger partial charge in [-0.15, -0.1) is 0 Å². The molecule has 0 aliphatic rings. The Morgan fingerprint density at radius 1 is 1.50 bits per heavy atom. The maximum absolute atomic E-state index is 13.3. The van der Waals surface area contributed by atoms with E-state index in [4.69, 9.17) is 16.3 Å². The highest BCUT2D eigenvalue weighted by Crippen LogP contribution is 2.28. The smallest absolute Gasteiger partial charge is 0.336 e. The van der Waals surface area contributed by atoms with E-state index in [1.54, 1.807) is 11.6 Å². The van der Waals surface area contributed by atoms with Gasteiger partial charge in [0.2, 0.25) is 5.75 Å². The largest absolute Gasteiger partial charge is 0.416 e. The van der Waals surface area contributed by atoms with Crippen molar-refractivity contribution >= 4 is 29.3 Å². The van der Waals surface area contributed by atoms with E-state index in [0.717, 1.165) is 24.3 Å². The van der Waals surface area contributed by atoms with Crippen molar-refractivity contribution in [3.63, 3.8) is 0 Å². The molecule has 138 valence electrons. The Hall–Kier alpha value is -2.74. The van der Waals surface area contributed by atoms with Crippen LogP contribution in [0.15, 0.2) is 24.3 Å². The first kappa shape index (κ1) is 19.6. The minimum Gasteiger partial charge on any atom is -0.416 e. The van der Waals surface area contributed by atoms with Crippen molar-refractivity contribution in [1.82, 2.24) is 9.78 Å². The zero-order valence-corrected chi connectivity index (χ0v) is 15.2. The predicted octanol–water partition coefficient (Wildman–Crippen LogP) is 4.17. The van der Waals surface area contributed by atoms with E-state index in [1.807, 2.05) is 13.8 Å². The quantitative estimate of drug-likeness (QED) is 0.246. The van der Waals surface area contributed by atoms with Crippen molar-refractivity contribution in [3.05, 3.63) is 56.6 Å². The minimum absolute atomic E-state index is 0.335. The monoisotopic (exact) mass is 381 g/mol. The van der Waals surface area contributed by atoms with E-state index in [9.17, 15) is 19.3 Å². The first-order valence-corrected chi connectivity index (χ1v) is 8.13. The summed E-state index contributed by atoms with van der Waals surface area (Å²) in [6.07, 6.45) is 2.47. The number of esters is 1. The molecule has 0 N–H and O–H groups in total. The van der Waals surface area contributed by atoms with Gasteiger partial charge in [-0.25, -0.2) is 9.18 Å². The van der Waals surface area contributed by atoms with Gasteiger partial charge in [0.15, 0.2) is 0 Å². The molecule has 26 heavy (non-hydrogen) atoms. The second kappa shape index (κ2) is 8.09. The molecule has 0 bridgehead atoms. The van der Waals surface area contributed by atoms with E-state index in [0.29, 0.717) is 28.9 Å². The fourth-order valence-corrected chi connectivity index (χ4v) is 2.54. The minimum atomic E-state index is -0.897.